The van der Waals surface area contributed by atoms with Crippen molar-refractivity contribution in [2.75, 3.05) is 26.2 Å². The topological polar surface area (TPSA) is 109 Å². The number of nitrogens with one attached hydrogen (secondary N) is 4. The number of piperidine rings is 2. The van der Waals surface area contributed by atoms with E-state index in [-0.39, 0.29) is 37.0 Å². The van der Waals surface area contributed by atoms with Gasteiger partial charge < -0.3 is 26.0 Å². The Balaban J connectivity index is 1.86. The first-order chi connectivity index (χ1) is 11.1. The van der Waals surface area contributed by atoms with E-state index in [1.165, 1.54) is 0 Å². The maximum absolute atomic E-state index is 12.0. The summed E-state index contributed by atoms with van der Waals surface area (Å²) in [5, 5.41) is 11.7. The van der Waals surface area contributed by atoms with E-state index >= 15 is 0 Å². The summed E-state index contributed by atoms with van der Waals surface area (Å²) in [7, 11) is 0. The van der Waals surface area contributed by atoms with Crippen molar-refractivity contribution >= 4 is 17.9 Å². The van der Waals surface area contributed by atoms with E-state index in [9.17, 15) is 14.4 Å². The number of ether oxygens (including phenoxy) is 1. The second-order valence-corrected chi connectivity index (χ2v) is 5.97. The number of hydrogen-bond donors (Lipinski definition) is 4. The molecule has 8 nitrogen and oxygen atoms in total. The van der Waals surface area contributed by atoms with E-state index in [1.807, 2.05) is 0 Å². The molecule has 2 rings (SSSR count). The van der Waals surface area contributed by atoms with Crippen LogP contribution in [-0.2, 0) is 14.3 Å². The molecule has 0 saturated carbocycles. The van der Waals surface area contributed by atoms with E-state index in [0.717, 1.165) is 25.9 Å². The number of carbonyl (C=O) groups excluding carboxylic acids is 3. The van der Waals surface area contributed by atoms with Gasteiger partial charge in [-0.25, -0.2) is 4.79 Å². The van der Waals surface area contributed by atoms with Crippen molar-refractivity contribution in [1.29, 1.82) is 0 Å². The lowest BCUT2D eigenvalue weighted by Crippen LogP contribution is -2.60. The molecule has 130 valence electrons. The van der Waals surface area contributed by atoms with E-state index in [4.69, 9.17) is 4.74 Å². The van der Waals surface area contributed by atoms with Crippen molar-refractivity contribution in [3.05, 3.63) is 0 Å². The molecule has 2 fully saturated rings. The molecule has 2 atom stereocenters. The molecule has 2 heterocycles. The summed E-state index contributed by atoms with van der Waals surface area (Å²) in [6.07, 6.45) is 2.41. The van der Waals surface area contributed by atoms with Crippen molar-refractivity contribution in [2.24, 2.45) is 5.92 Å². The van der Waals surface area contributed by atoms with Gasteiger partial charge in [0, 0.05) is 12.5 Å². The predicted molar refractivity (Wildman–Crippen MR) is 83.7 cm³/mol. The lowest BCUT2D eigenvalue weighted by atomic mass is 9.82. The maximum atomic E-state index is 12.0. The van der Waals surface area contributed by atoms with Gasteiger partial charge >= 0.3 is 6.09 Å². The molecule has 0 aliphatic carbocycles. The normalized spacial score (nSPS) is 25.3. The van der Waals surface area contributed by atoms with Gasteiger partial charge in [0.05, 0.1) is 12.6 Å². The molecule has 2 aliphatic rings. The predicted octanol–water partition coefficient (Wildman–Crippen LogP) is -0.504. The third-order valence-electron chi connectivity index (χ3n) is 4.35. The Labute approximate surface area is 136 Å². The fraction of sp³-hybridized carbons (Fsp3) is 0.800. The standard InChI is InChI=1S/C15H26N4O4/c1-2-23-15(22)17-9-13(21)18-11-3-4-12(20)19-14(11)10-5-7-16-8-6-10/h10-11,14,16H,2-9H2,1H3,(H,17,22)(H,18,21)(H,19,20)/t11-,14+/m1/s1. The van der Waals surface area contributed by atoms with Gasteiger partial charge in [-0.3, -0.25) is 9.59 Å². The first kappa shape index (κ1) is 17.5. The zero-order valence-corrected chi connectivity index (χ0v) is 13.5. The van der Waals surface area contributed by atoms with Crippen LogP contribution in [0.2, 0.25) is 0 Å². The number of hydrogen-bond acceptors (Lipinski definition) is 5. The highest BCUT2D eigenvalue weighted by Crippen LogP contribution is 2.23. The average Bonchev–Trinajstić information content (AvgIpc) is 2.56. The van der Waals surface area contributed by atoms with Crippen molar-refractivity contribution in [3.8, 4) is 0 Å². The van der Waals surface area contributed by atoms with Gasteiger partial charge in [0.25, 0.3) is 0 Å². The smallest absolute Gasteiger partial charge is 0.407 e. The molecular formula is C15H26N4O4. The van der Waals surface area contributed by atoms with Crippen LogP contribution in [0.15, 0.2) is 0 Å². The Bertz CT molecular complexity index is 437. The molecule has 0 bridgehead atoms. The maximum Gasteiger partial charge on any atom is 0.407 e. The van der Waals surface area contributed by atoms with Crippen LogP contribution in [0, 0.1) is 5.92 Å². The molecule has 23 heavy (non-hydrogen) atoms. The Morgan fingerprint density at radius 1 is 1.26 bits per heavy atom. The molecule has 0 unspecified atom stereocenters. The highest BCUT2D eigenvalue weighted by molar-refractivity contribution is 5.83. The quantitative estimate of drug-likeness (QED) is 0.544. The Morgan fingerprint density at radius 3 is 2.70 bits per heavy atom. The zero-order chi connectivity index (χ0) is 16.7. The minimum Gasteiger partial charge on any atom is -0.450 e. The minimum atomic E-state index is -0.602. The highest BCUT2D eigenvalue weighted by atomic mass is 16.5. The summed E-state index contributed by atoms with van der Waals surface area (Å²) in [5.74, 6) is 0.144. The SMILES string of the molecule is CCOC(=O)NCC(=O)N[C@@H]1CCC(=O)N[C@H]1C1CCNCC1. The largest absolute Gasteiger partial charge is 0.450 e. The van der Waals surface area contributed by atoms with Crippen LogP contribution >= 0.6 is 0 Å². The summed E-state index contributed by atoms with van der Waals surface area (Å²) in [6.45, 7) is 3.71. The Hall–Kier alpha value is -1.83. The van der Waals surface area contributed by atoms with Gasteiger partial charge in [-0.2, -0.15) is 0 Å². The van der Waals surface area contributed by atoms with Crippen LogP contribution in [-0.4, -0.2) is 56.2 Å². The van der Waals surface area contributed by atoms with Crippen molar-refractivity contribution in [2.45, 2.75) is 44.7 Å². The molecule has 2 saturated heterocycles. The molecular weight excluding hydrogens is 300 g/mol. The summed E-state index contributed by atoms with van der Waals surface area (Å²) < 4.78 is 4.72. The van der Waals surface area contributed by atoms with Crippen LogP contribution in [0.3, 0.4) is 0 Å². The number of carbonyl (C=O) groups is 3. The first-order valence-corrected chi connectivity index (χ1v) is 8.30. The molecule has 0 aromatic carbocycles. The minimum absolute atomic E-state index is 0.0371. The summed E-state index contributed by atoms with van der Waals surface area (Å²) in [6, 6.07) is -0.128. The molecule has 8 heteroatoms. The van der Waals surface area contributed by atoms with Gasteiger partial charge in [0.1, 0.15) is 6.54 Å². The molecule has 0 spiro atoms. The van der Waals surface area contributed by atoms with E-state index in [1.54, 1.807) is 6.92 Å². The van der Waals surface area contributed by atoms with Gasteiger partial charge in [-0.15, -0.1) is 0 Å². The number of amides is 3. The number of rotatable bonds is 5. The molecule has 0 aromatic rings. The number of alkyl carbamates (subject to hydrolysis) is 1. The van der Waals surface area contributed by atoms with Gasteiger partial charge in [0.2, 0.25) is 11.8 Å². The summed E-state index contributed by atoms with van der Waals surface area (Å²) in [4.78, 5) is 35.0. The van der Waals surface area contributed by atoms with Crippen molar-refractivity contribution in [1.82, 2.24) is 21.3 Å². The van der Waals surface area contributed by atoms with Crippen LogP contribution in [0.25, 0.3) is 0 Å². The molecule has 0 aromatic heterocycles. The average molecular weight is 326 g/mol. The molecule has 3 amide bonds. The summed E-state index contributed by atoms with van der Waals surface area (Å²) in [5.41, 5.74) is 0. The molecule has 2 aliphatic heterocycles. The van der Waals surface area contributed by atoms with Crippen LogP contribution in [0.1, 0.15) is 32.6 Å². The summed E-state index contributed by atoms with van der Waals surface area (Å²) >= 11 is 0. The van der Waals surface area contributed by atoms with Gasteiger partial charge in [-0.1, -0.05) is 0 Å². The van der Waals surface area contributed by atoms with Gasteiger partial charge in [-0.05, 0) is 45.2 Å². The fourth-order valence-corrected chi connectivity index (χ4v) is 3.23. The second kappa shape index (κ2) is 8.71. The van der Waals surface area contributed by atoms with Crippen molar-refractivity contribution < 1.29 is 19.1 Å². The van der Waals surface area contributed by atoms with Crippen LogP contribution in [0.4, 0.5) is 4.79 Å². The fourth-order valence-electron chi connectivity index (χ4n) is 3.23. The second-order valence-electron chi connectivity index (χ2n) is 5.97. The third-order valence-corrected chi connectivity index (χ3v) is 4.35. The van der Waals surface area contributed by atoms with Gasteiger partial charge in [0.15, 0.2) is 0 Å². The first-order valence-electron chi connectivity index (χ1n) is 8.30. The van der Waals surface area contributed by atoms with E-state index < -0.39 is 6.09 Å². The lowest BCUT2D eigenvalue weighted by Gasteiger charge is -2.39. The van der Waals surface area contributed by atoms with Crippen LogP contribution < -0.4 is 21.3 Å². The van der Waals surface area contributed by atoms with Crippen LogP contribution in [0.5, 0.6) is 0 Å². The van der Waals surface area contributed by atoms with Crippen molar-refractivity contribution in [3.63, 3.8) is 0 Å². The molecule has 4 N–H and O–H groups in total. The Morgan fingerprint density at radius 2 is 2.00 bits per heavy atom. The lowest BCUT2D eigenvalue weighted by molar-refractivity contribution is -0.127. The van der Waals surface area contributed by atoms with E-state index in [2.05, 4.69) is 21.3 Å². The monoisotopic (exact) mass is 326 g/mol. The highest BCUT2D eigenvalue weighted by Gasteiger charge is 2.35. The van der Waals surface area contributed by atoms with E-state index in [0.29, 0.717) is 18.8 Å². The Kier molecular flexibility index (Phi) is 6.64. The molecule has 0 radical (unpaired) electrons. The third kappa shape index (κ3) is 5.38. The zero-order valence-electron chi connectivity index (χ0n) is 13.5.